The molecule has 0 aromatic carbocycles. The van der Waals surface area contributed by atoms with Crippen molar-refractivity contribution in [2.24, 2.45) is 11.5 Å². The number of carbonyl (C=O) groups excluding carboxylic acids is 1. The fourth-order valence-corrected chi connectivity index (χ4v) is 0.417. The first-order valence-electron chi connectivity index (χ1n) is 2.85. The minimum Gasteiger partial charge on any atom is -0.396 e. The summed E-state index contributed by atoms with van der Waals surface area (Å²) in [6.07, 6.45) is 4.82. The molecule has 0 rings (SSSR count). The van der Waals surface area contributed by atoms with Gasteiger partial charge in [0, 0.05) is 0 Å². The van der Waals surface area contributed by atoms with E-state index in [1.165, 1.54) is 0 Å². The van der Waals surface area contributed by atoms with Crippen LogP contribution < -0.4 is 11.5 Å². The van der Waals surface area contributed by atoms with Crippen LogP contribution in [0.1, 0.15) is 12.8 Å². The zero-order valence-corrected chi connectivity index (χ0v) is 5.26. The van der Waals surface area contributed by atoms with Crippen LogP contribution in [0.2, 0.25) is 0 Å². The zero-order chi connectivity index (χ0) is 7.11. The van der Waals surface area contributed by atoms with Gasteiger partial charge in [-0.2, -0.15) is 0 Å². The molecule has 51 valence electrons. The Bertz CT molecular complexity index is 110. The van der Waals surface area contributed by atoms with Crippen LogP contribution in [0, 0.1) is 0 Å². The fourth-order valence-electron chi connectivity index (χ4n) is 0.417. The minimum atomic E-state index is 0.170. The summed E-state index contributed by atoms with van der Waals surface area (Å²) in [4.78, 5) is 9.75. The maximum absolute atomic E-state index is 9.75. The Morgan fingerprint density at radius 2 is 2.33 bits per heavy atom. The van der Waals surface area contributed by atoms with Gasteiger partial charge in [-0.25, -0.2) is 0 Å². The van der Waals surface area contributed by atoms with E-state index < -0.39 is 0 Å². The largest absolute Gasteiger partial charge is 0.396 e. The Labute approximate surface area is 54.7 Å². The van der Waals surface area contributed by atoms with E-state index in [2.05, 4.69) is 0 Å². The highest BCUT2D eigenvalue weighted by Crippen LogP contribution is 1.88. The van der Waals surface area contributed by atoms with Crippen molar-refractivity contribution in [1.29, 1.82) is 0 Å². The lowest BCUT2D eigenvalue weighted by Gasteiger charge is -1.88. The molecule has 0 aliphatic carbocycles. The van der Waals surface area contributed by atoms with Crippen LogP contribution in [-0.2, 0) is 4.79 Å². The Hall–Kier alpha value is -0.830. The molecule has 3 nitrogen and oxygen atoms in total. The molecule has 0 aliphatic rings. The third-order valence-corrected chi connectivity index (χ3v) is 0.890. The second-order valence-corrected chi connectivity index (χ2v) is 1.69. The smallest absolute Gasteiger partial charge is 0.250 e. The van der Waals surface area contributed by atoms with Crippen LogP contribution in [0.25, 0.3) is 0 Å². The first-order chi connectivity index (χ1) is 4.31. The second-order valence-electron chi connectivity index (χ2n) is 1.69. The van der Waals surface area contributed by atoms with Crippen molar-refractivity contribution < 1.29 is 4.79 Å². The number of rotatable bonds is 4. The summed E-state index contributed by atoms with van der Waals surface area (Å²) in [5, 5.41) is 0. The van der Waals surface area contributed by atoms with Gasteiger partial charge < -0.3 is 11.5 Å². The predicted octanol–water partition coefficient (Wildman–Crippen LogP) is -0.322. The van der Waals surface area contributed by atoms with Crippen molar-refractivity contribution in [2.45, 2.75) is 12.8 Å². The average molecular weight is 127 g/mol. The molecule has 0 heterocycles. The summed E-state index contributed by atoms with van der Waals surface area (Å²) >= 11 is 0. The number of hydrogen-bond acceptors (Lipinski definition) is 3. The molecule has 4 N–H and O–H groups in total. The predicted molar refractivity (Wildman–Crippen MR) is 36.3 cm³/mol. The van der Waals surface area contributed by atoms with E-state index in [0.29, 0.717) is 6.54 Å². The molecule has 0 saturated heterocycles. The first-order valence-corrected chi connectivity index (χ1v) is 2.85. The van der Waals surface area contributed by atoms with E-state index >= 15 is 0 Å². The lowest BCUT2D eigenvalue weighted by molar-refractivity contribution is 0.561. The maximum Gasteiger partial charge on any atom is 0.250 e. The van der Waals surface area contributed by atoms with E-state index in [4.69, 9.17) is 11.5 Å². The maximum atomic E-state index is 9.75. The molecular formula is C6H11N2O. The van der Waals surface area contributed by atoms with Gasteiger partial charge in [-0.05, 0) is 19.4 Å². The van der Waals surface area contributed by atoms with Crippen molar-refractivity contribution in [3.8, 4) is 0 Å². The molecule has 0 amide bonds. The molecule has 0 aromatic rings. The minimum absolute atomic E-state index is 0.170. The van der Waals surface area contributed by atoms with Crippen molar-refractivity contribution in [3.05, 3.63) is 11.8 Å². The van der Waals surface area contributed by atoms with Gasteiger partial charge >= 0.3 is 0 Å². The summed E-state index contributed by atoms with van der Waals surface area (Å²) < 4.78 is 0. The number of unbranched alkanes of at least 4 members (excludes halogenated alkanes) is 1. The molecular weight excluding hydrogens is 116 g/mol. The van der Waals surface area contributed by atoms with Crippen molar-refractivity contribution >= 4 is 6.29 Å². The van der Waals surface area contributed by atoms with E-state index in [-0.39, 0.29) is 5.70 Å². The Morgan fingerprint density at radius 3 is 2.78 bits per heavy atom. The molecule has 3 heteroatoms. The van der Waals surface area contributed by atoms with Gasteiger partial charge in [-0.3, -0.25) is 4.79 Å². The SMILES string of the molecule is NCCCC=C(N)[C]=O. The highest BCUT2D eigenvalue weighted by Gasteiger charge is 1.84. The molecule has 0 bridgehead atoms. The molecule has 0 aromatic heterocycles. The first kappa shape index (κ1) is 8.17. The van der Waals surface area contributed by atoms with Crippen LogP contribution in [0.3, 0.4) is 0 Å². The van der Waals surface area contributed by atoms with E-state index in [1.54, 1.807) is 12.4 Å². The van der Waals surface area contributed by atoms with Gasteiger partial charge in [0.25, 0.3) is 0 Å². The van der Waals surface area contributed by atoms with Crippen LogP contribution >= 0.6 is 0 Å². The van der Waals surface area contributed by atoms with E-state index in [0.717, 1.165) is 12.8 Å². The van der Waals surface area contributed by atoms with Gasteiger partial charge in [0.05, 0.1) is 5.70 Å². The highest BCUT2D eigenvalue weighted by atomic mass is 16.1. The summed E-state index contributed by atoms with van der Waals surface area (Å²) in [5.41, 5.74) is 10.5. The number of allylic oxidation sites excluding steroid dienone is 2. The molecule has 0 unspecified atom stereocenters. The summed E-state index contributed by atoms with van der Waals surface area (Å²) in [5.74, 6) is 0. The van der Waals surface area contributed by atoms with Crippen molar-refractivity contribution in [3.63, 3.8) is 0 Å². The third kappa shape index (κ3) is 5.03. The van der Waals surface area contributed by atoms with Crippen molar-refractivity contribution in [2.75, 3.05) is 6.54 Å². The Kier molecular flexibility index (Phi) is 4.82. The molecule has 0 atom stereocenters. The molecule has 0 saturated carbocycles. The molecule has 0 spiro atoms. The molecule has 0 fully saturated rings. The van der Waals surface area contributed by atoms with Crippen molar-refractivity contribution in [1.82, 2.24) is 0 Å². The van der Waals surface area contributed by atoms with E-state index in [9.17, 15) is 4.79 Å². The van der Waals surface area contributed by atoms with Gasteiger partial charge in [0.15, 0.2) is 0 Å². The Morgan fingerprint density at radius 1 is 1.67 bits per heavy atom. The lowest BCUT2D eigenvalue weighted by atomic mass is 10.3. The second kappa shape index (κ2) is 5.31. The standard InChI is InChI=1S/C6H11N2O/c7-4-2-1-3-6(8)5-9/h3H,1-2,4,7-8H2. The van der Waals surface area contributed by atoms with Gasteiger partial charge in [-0.1, -0.05) is 6.08 Å². The van der Waals surface area contributed by atoms with E-state index in [1.807, 2.05) is 0 Å². The average Bonchev–Trinajstić information content (AvgIpc) is 1.89. The van der Waals surface area contributed by atoms with Crippen LogP contribution in [-0.4, -0.2) is 12.8 Å². The van der Waals surface area contributed by atoms with Gasteiger partial charge in [0.1, 0.15) is 0 Å². The fraction of sp³-hybridized carbons (Fsp3) is 0.500. The lowest BCUT2D eigenvalue weighted by Crippen LogP contribution is -2.00. The highest BCUT2D eigenvalue weighted by molar-refractivity contribution is 5.72. The van der Waals surface area contributed by atoms with Gasteiger partial charge in [-0.15, -0.1) is 0 Å². The summed E-state index contributed by atoms with van der Waals surface area (Å²) in [6.45, 7) is 0.628. The topological polar surface area (TPSA) is 69.1 Å². The monoisotopic (exact) mass is 127 g/mol. The molecule has 0 aliphatic heterocycles. The van der Waals surface area contributed by atoms with Gasteiger partial charge in [0.2, 0.25) is 6.29 Å². The number of nitrogens with two attached hydrogens (primary N) is 2. The third-order valence-electron chi connectivity index (χ3n) is 0.890. The normalized spacial score (nSPS) is 11.4. The van der Waals surface area contributed by atoms with Crippen LogP contribution in [0.15, 0.2) is 11.8 Å². The quantitative estimate of drug-likeness (QED) is 0.401. The zero-order valence-electron chi connectivity index (χ0n) is 5.26. The molecule has 1 radical (unpaired) electrons. The number of hydrogen-bond donors (Lipinski definition) is 2. The van der Waals surface area contributed by atoms with Crippen LogP contribution in [0.4, 0.5) is 0 Å². The molecule has 9 heavy (non-hydrogen) atoms. The summed E-state index contributed by atoms with van der Waals surface area (Å²) in [6, 6.07) is 0. The van der Waals surface area contributed by atoms with Crippen LogP contribution in [0.5, 0.6) is 0 Å². The summed E-state index contributed by atoms with van der Waals surface area (Å²) in [7, 11) is 0. The Balaban J connectivity index is 3.31.